The average Bonchev–Trinajstić information content (AvgIpc) is 2.75. The molecular formula is C27H25NO3. The van der Waals surface area contributed by atoms with Gasteiger partial charge in [0.2, 0.25) is 11.3 Å². The van der Waals surface area contributed by atoms with Crippen LogP contribution >= 0.6 is 0 Å². The zero-order valence-corrected chi connectivity index (χ0v) is 18.2. The van der Waals surface area contributed by atoms with E-state index in [4.69, 9.17) is 4.42 Å². The molecule has 0 spiro atoms. The minimum absolute atomic E-state index is 0.00184. The highest BCUT2D eigenvalue weighted by atomic mass is 16.4. The zero-order chi connectivity index (χ0) is 22.2. The summed E-state index contributed by atoms with van der Waals surface area (Å²) < 4.78 is 6.10. The molecule has 4 nitrogen and oxygen atoms in total. The molecule has 0 radical (unpaired) electrons. The minimum atomic E-state index is -0.325. The van der Waals surface area contributed by atoms with Crippen LogP contribution in [-0.2, 0) is 5.41 Å². The number of carbonyl (C=O) groups excluding carboxylic acids is 1. The Morgan fingerprint density at radius 3 is 2.19 bits per heavy atom. The van der Waals surface area contributed by atoms with E-state index in [1.807, 2.05) is 61.5 Å². The molecule has 4 rings (SSSR count). The summed E-state index contributed by atoms with van der Waals surface area (Å²) in [6.45, 7) is 8.26. The summed E-state index contributed by atoms with van der Waals surface area (Å²) in [5, 5.41) is 3.33. The number of aryl methyl sites for hydroxylation is 1. The van der Waals surface area contributed by atoms with Crippen molar-refractivity contribution in [3.63, 3.8) is 0 Å². The highest BCUT2D eigenvalue weighted by molar-refractivity contribution is 6.06. The molecule has 4 aromatic rings. The fourth-order valence-corrected chi connectivity index (χ4v) is 3.61. The first-order chi connectivity index (χ1) is 14.8. The molecule has 0 unspecified atom stereocenters. The first-order valence-corrected chi connectivity index (χ1v) is 10.3. The predicted octanol–water partition coefficient (Wildman–Crippen LogP) is 6.32. The SMILES string of the molecule is Cc1cccc2c(=O)c(-c3ccccc3)c(NC(=O)c3ccc(C(C)(C)C)cc3)oc12. The van der Waals surface area contributed by atoms with Gasteiger partial charge in [-0.05, 0) is 47.2 Å². The van der Waals surface area contributed by atoms with Gasteiger partial charge in [-0.25, -0.2) is 0 Å². The van der Waals surface area contributed by atoms with Gasteiger partial charge in [-0.1, -0.05) is 75.4 Å². The van der Waals surface area contributed by atoms with Gasteiger partial charge < -0.3 is 4.42 Å². The predicted molar refractivity (Wildman–Crippen MR) is 126 cm³/mol. The van der Waals surface area contributed by atoms with Crippen molar-refractivity contribution >= 4 is 22.8 Å². The highest BCUT2D eigenvalue weighted by Crippen LogP contribution is 2.30. The molecule has 3 aromatic carbocycles. The van der Waals surface area contributed by atoms with Crippen LogP contribution in [0.2, 0.25) is 0 Å². The van der Waals surface area contributed by atoms with Crippen LogP contribution < -0.4 is 10.7 Å². The van der Waals surface area contributed by atoms with Gasteiger partial charge in [0.05, 0.1) is 10.9 Å². The fraction of sp³-hybridized carbons (Fsp3) is 0.185. The van der Waals surface area contributed by atoms with Crippen LogP contribution in [0.3, 0.4) is 0 Å². The van der Waals surface area contributed by atoms with Crippen LogP contribution in [0.5, 0.6) is 0 Å². The molecule has 0 saturated carbocycles. The van der Waals surface area contributed by atoms with Crippen molar-refractivity contribution in [2.24, 2.45) is 0 Å². The number of carbonyl (C=O) groups is 1. The molecule has 0 atom stereocenters. The maximum atomic E-state index is 13.4. The van der Waals surface area contributed by atoms with Gasteiger partial charge in [-0.3, -0.25) is 14.9 Å². The molecule has 4 heteroatoms. The number of hydrogen-bond acceptors (Lipinski definition) is 3. The lowest BCUT2D eigenvalue weighted by Gasteiger charge is -2.19. The third kappa shape index (κ3) is 4.02. The largest absolute Gasteiger partial charge is 0.439 e. The lowest BCUT2D eigenvalue weighted by molar-refractivity contribution is 0.102. The lowest BCUT2D eigenvalue weighted by atomic mass is 9.87. The van der Waals surface area contributed by atoms with Crippen molar-refractivity contribution in [1.29, 1.82) is 0 Å². The van der Waals surface area contributed by atoms with Gasteiger partial charge in [0, 0.05) is 5.56 Å². The van der Waals surface area contributed by atoms with E-state index in [1.165, 1.54) is 0 Å². The van der Waals surface area contributed by atoms with Crippen molar-refractivity contribution in [2.75, 3.05) is 5.32 Å². The van der Waals surface area contributed by atoms with Crippen molar-refractivity contribution in [1.82, 2.24) is 0 Å². The average molecular weight is 412 g/mol. The van der Waals surface area contributed by atoms with Crippen LogP contribution in [0.25, 0.3) is 22.1 Å². The molecule has 1 heterocycles. The second-order valence-electron chi connectivity index (χ2n) is 8.73. The topological polar surface area (TPSA) is 59.3 Å². The van der Waals surface area contributed by atoms with E-state index in [0.29, 0.717) is 27.7 Å². The summed E-state index contributed by atoms with van der Waals surface area (Å²) in [5.74, 6) is -0.170. The number of rotatable bonds is 3. The number of fused-ring (bicyclic) bond motifs is 1. The zero-order valence-electron chi connectivity index (χ0n) is 18.2. The smallest absolute Gasteiger partial charge is 0.257 e. The van der Waals surface area contributed by atoms with Gasteiger partial charge in [-0.15, -0.1) is 0 Å². The van der Waals surface area contributed by atoms with Crippen LogP contribution in [0.1, 0.15) is 42.3 Å². The number of benzene rings is 3. The summed E-state index contributed by atoms with van der Waals surface area (Å²) in [6, 6.07) is 22.2. The third-order valence-electron chi connectivity index (χ3n) is 5.42. The van der Waals surface area contributed by atoms with Gasteiger partial charge in [0.25, 0.3) is 5.91 Å². The minimum Gasteiger partial charge on any atom is -0.439 e. The van der Waals surface area contributed by atoms with Crippen LogP contribution in [0.15, 0.2) is 82.0 Å². The van der Waals surface area contributed by atoms with Gasteiger partial charge >= 0.3 is 0 Å². The van der Waals surface area contributed by atoms with Crippen molar-refractivity contribution in [3.8, 4) is 11.1 Å². The van der Waals surface area contributed by atoms with E-state index < -0.39 is 0 Å². The third-order valence-corrected chi connectivity index (χ3v) is 5.42. The molecule has 1 amide bonds. The molecule has 1 N–H and O–H groups in total. The van der Waals surface area contributed by atoms with Crippen LogP contribution in [-0.4, -0.2) is 5.91 Å². The Bertz CT molecular complexity index is 1310. The summed E-state index contributed by atoms with van der Waals surface area (Å²) in [6.07, 6.45) is 0. The Morgan fingerprint density at radius 2 is 1.55 bits per heavy atom. The maximum Gasteiger partial charge on any atom is 0.257 e. The normalized spacial score (nSPS) is 11.5. The van der Waals surface area contributed by atoms with Crippen molar-refractivity contribution < 1.29 is 9.21 Å². The van der Waals surface area contributed by atoms with E-state index in [2.05, 4.69) is 26.1 Å². The molecule has 31 heavy (non-hydrogen) atoms. The van der Waals surface area contributed by atoms with E-state index in [0.717, 1.165) is 11.1 Å². The van der Waals surface area contributed by atoms with Crippen LogP contribution in [0, 0.1) is 6.92 Å². The van der Waals surface area contributed by atoms with Crippen molar-refractivity contribution in [2.45, 2.75) is 33.1 Å². The molecule has 0 bridgehead atoms. The molecule has 1 aromatic heterocycles. The van der Waals surface area contributed by atoms with Gasteiger partial charge in [0.1, 0.15) is 5.58 Å². The molecule has 156 valence electrons. The quantitative estimate of drug-likeness (QED) is 0.429. The van der Waals surface area contributed by atoms with Crippen LogP contribution in [0.4, 0.5) is 5.88 Å². The monoisotopic (exact) mass is 411 g/mol. The van der Waals surface area contributed by atoms with E-state index in [9.17, 15) is 9.59 Å². The standard InChI is InChI=1S/C27H25NO3/c1-17-9-8-12-21-23(29)22(18-10-6-5-7-11-18)26(31-24(17)21)28-25(30)19-13-15-20(16-14-19)27(2,3)4/h5-16H,1-4H3,(H,28,30). The Hall–Kier alpha value is -3.66. The second-order valence-corrected chi connectivity index (χ2v) is 8.73. The molecule has 0 saturated heterocycles. The maximum absolute atomic E-state index is 13.4. The highest BCUT2D eigenvalue weighted by Gasteiger charge is 2.20. The van der Waals surface area contributed by atoms with E-state index in [-0.39, 0.29) is 22.6 Å². The summed E-state index contributed by atoms with van der Waals surface area (Å²) in [5.41, 5.74) is 3.81. The number of nitrogens with one attached hydrogen (secondary N) is 1. The Balaban J connectivity index is 1.82. The lowest BCUT2D eigenvalue weighted by Crippen LogP contribution is -2.17. The Labute approximate surface area is 181 Å². The number of para-hydroxylation sites is 1. The molecular weight excluding hydrogens is 386 g/mol. The summed E-state index contributed by atoms with van der Waals surface area (Å²) in [7, 11) is 0. The first kappa shape index (κ1) is 20.6. The van der Waals surface area contributed by atoms with Crippen molar-refractivity contribution in [3.05, 3.63) is 99.7 Å². The number of anilines is 1. The fourth-order valence-electron chi connectivity index (χ4n) is 3.61. The first-order valence-electron chi connectivity index (χ1n) is 10.3. The molecule has 0 aliphatic rings. The van der Waals surface area contributed by atoms with Gasteiger partial charge in [0.15, 0.2) is 0 Å². The summed E-state index contributed by atoms with van der Waals surface area (Å²) >= 11 is 0. The number of amides is 1. The Kier molecular flexibility index (Phi) is 5.24. The Morgan fingerprint density at radius 1 is 0.871 bits per heavy atom. The molecule has 0 fully saturated rings. The molecule has 0 aliphatic carbocycles. The number of hydrogen-bond donors (Lipinski definition) is 1. The van der Waals surface area contributed by atoms with Gasteiger partial charge in [-0.2, -0.15) is 0 Å². The molecule has 0 aliphatic heterocycles. The second kappa shape index (κ2) is 7.88. The van der Waals surface area contributed by atoms with E-state index >= 15 is 0 Å². The van der Waals surface area contributed by atoms with E-state index in [1.54, 1.807) is 18.2 Å². The summed E-state index contributed by atoms with van der Waals surface area (Å²) in [4.78, 5) is 26.4.